The summed E-state index contributed by atoms with van der Waals surface area (Å²) < 4.78 is 46.9. The van der Waals surface area contributed by atoms with E-state index < -0.39 is 26.9 Å². The number of aliphatic hydroxyl groups excluding tert-OH is 1. The highest BCUT2D eigenvalue weighted by Gasteiger charge is 2.34. The summed E-state index contributed by atoms with van der Waals surface area (Å²) in [4.78, 5) is 4.08. The van der Waals surface area contributed by atoms with Gasteiger partial charge < -0.3 is 23.6 Å². The van der Waals surface area contributed by atoms with Crippen molar-refractivity contribution in [1.29, 1.82) is 0 Å². The zero-order valence-electron chi connectivity index (χ0n) is 20.0. The van der Waals surface area contributed by atoms with E-state index in [-0.39, 0.29) is 17.5 Å². The van der Waals surface area contributed by atoms with Crippen LogP contribution < -0.4 is 9.47 Å². The summed E-state index contributed by atoms with van der Waals surface area (Å²) in [6.45, 7) is 3.23. The predicted octanol–water partition coefficient (Wildman–Crippen LogP) is 2.62. The van der Waals surface area contributed by atoms with Gasteiger partial charge in [-0.3, -0.25) is 4.57 Å². The highest BCUT2D eigenvalue weighted by molar-refractivity contribution is 7.91. The fraction of sp³-hybridized carbons (Fsp3) is 0.348. The molecule has 3 heterocycles. The fourth-order valence-electron chi connectivity index (χ4n) is 3.79. The number of aryl methyl sites for hydroxylation is 2. The van der Waals surface area contributed by atoms with Crippen LogP contribution in [0.5, 0.6) is 11.5 Å². The molecule has 0 aliphatic rings. The molecule has 0 fully saturated rings. The zero-order chi connectivity index (χ0) is 25.3. The molecular weight excluding hydrogens is 474 g/mol. The van der Waals surface area contributed by atoms with E-state index in [0.717, 1.165) is 0 Å². The maximum Gasteiger partial charge on any atom is 0.204 e. The van der Waals surface area contributed by atoms with E-state index in [0.29, 0.717) is 28.7 Å². The molecule has 0 amide bonds. The number of methoxy groups -OCH3 is 2. The minimum atomic E-state index is -3.93. The number of nitrogens with zero attached hydrogens (tertiary/aromatic N) is 5. The largest absolute Gasteiger partial charge is 0.494 e. The van der Waals surface area contributed by atoms with Crippen molar-refractivity contribution in [2.45, 2.75) is 31.0 Å². The fourth-order valence-corrected chi connectivity index (χ4v) is 5.12. The third-order valence-electron chi connectivity index (χ3n) is 5.78. The molecule has 0 spiro atoms. The Morgan fingerprint density at radius 2 is 1.80 bits per heavy atom. The highest BCUT2D eigenvalue weighted by Crippen LogP contribution is 2.37. The van der Waals surface area contributed by atoms with Crippen LogP contribution in [-0.4, -0.2) is 57.3 Å². The number of para-hydroxylation sites is 1. The zero-order valence-corrected chi connectivity index (χ0v) is 20.9. The molecule has 0 unspecified atom stereocenters. The van der Waals surface area contributed by atoms with Gasteiger partial charge in [0, 0.05) is 19.4 Å². The van der Waals surface area contributed by atoms with Crippen molar-refractivity contribution >= 4 is 9.84 Å². The minimum absolute atomic E-state index is 0.107. The van der Waals surface area contributed by atoms with Gasteiger partial charge in [-0.15, -0.1) is 10.2 Å². The lowest BCUT2D eigenvalue weighted by Crippen LogP contribution is -2.29. The molecule has 4 aromatic rings. The molecule has 3 aromatic heterocycles. The van der Waals surface area contributed by atoms with Gasteiger partial charge in [0.1, 0.15) is 40.6 Å². The lowest BCUT2D eigenvalue weighted by molar-refractivity contribution is 0.162. The predicted molar refractivity (Wildman–Crippen MR) is 127 cm³/mol. The number of aliphatic hydroxyl groups is 1. The standard InChI is InChI=1S/C23H27N5O6S/c1-14-9-10-18(34-14)22-26-25-19(28(22)20-16(32-4)7-6-8-17(20)33-5)13-35(30,31)15(2)21(29)23-24-11-12-27(23)3/h6-12,15,21,29H,13H2,1-5H3/t15-,21-/m1/s1. The normalized spacial score (nSPS) is 13.5. The number of imidazole rings is 1. The first-order chi connectivity index (χ1) is 16.7. The third-order valence-corrected chi connectivity index (χ3v) is 7.83. The van der Waals surface area contributed by atoms with E-state index in [2.05, 4.69) is 15.2 Å². The smallest absolute Gasteiger partial charge is 0.204 e. The van der Waals surface area contributed by atoms with Gasteiger partial charge in [0.25, 0.3) is 0 Å². The van der Waals surface area contributed by atoms with Gasteiger partial charge in [0.05, 0.1) is 19.5 Å². The molecule has 0 saturated heterocycles. The Morgan fingerprint density at radius 1 is 1.11 bits per heavy atom. The first kappa shape index (κ1) is 24.5. The van der Waals surface area contributed by atoms with Crippen LogP contribution in [0.1, 0.15) is 30.4 Å². The molecule has 0 saturated carbocycles. The molecule has 1 N–H and O–H groups in total. The lowest BCUT2D eigenvalue weighted by Gasteiger charge is -2.20. The Hall–Kier alpha value is -3.64. The minimum Gasteiger partial charge on any atom is -0.494 e. The Labute approximate surface area is 202 Å². The number of benzene rings is 1. The average molecular weight is 502 g/mol. The molecule has 35 heavy (non-hydrogen) atoms. The summed E-state index contributed by atoms with van der Waals surface area (Å²) in [5.41, 5.74) is 0.425. The molecule has 0 radical (unpaired) electrons. The van der Waals surface area contributed by atoms with Gasteiger partial charge in [-0.1, -0.05) is 6.07 Å². The summed E-state index contributed by atoms with van der Waals surface area (Å²) in [6, 6.07) is 8.70. The van der Waals surface area contributed by atoms with Gasteiger partial charge >= 0.3 is 0 Å². The van der Waals surface area contributed by atoms with E-state index >= 15 is 0 Å². The summed E-state index contributed by atoms with van der Waals surface area (Å²) >= 11 is 0. The molecule has 186 valence electrons. The molecule has 12 heteroatoms. The maximum absolute atomic E-state index is 13.4. The van der Waals surface area contributed by atoms with Crippen LogP contribution in [0, 0.1) is 6.92 Å². The van der Waals surface area contributed by atoms with Gasteiger partial charge in [0.15, 0.2) is 21.4 Å². The van der Waals surface area contributed by atoms with Crippen LogP contribution in [0.15, 0.2) is 47.1 Å². The molecule has 11 nitrogen and oxygen atoms in total. The van der Waals surface area contributed by atoms with Crippen molar-refractivity contribution in [2.75, 3.05) is 14.2 Å². The molecule has 0 bridgehead atoms. The molecular formula is C23H27N5O6S. The maximum atomic E-state index is 13.4. The van der Waals surface area contributed by atoms with Crippen molar-refractivity contribution < 1.29 is 27.4 Å². The molecule has 0 aliphatic carbocycles. The summed E-state index contributed by atoms with van der Waals surface area (Å²) in [5.74, 6) is 2.03. The Bertz CT molecular complexity index is 1420. The van der Waals surface area contributed by atoms with E-state index in [1.54, 1.807) is 59.6 Å². The first-order valence-corrected chi connectivity index (χ1v) is 12.5. The Balaban J connectivity index is 1.84. The summed E-state index contributed by atoms with van der Waals surface area (Å²) in [5, 5.41) is 18.0. The van der Waals surface area contributed by atoms with Crippen LogP contribution in [-0.2, 0) is 22.6 Å². The molecule has 4 rings (SSSR count). The number of hydrogen-bond acceptors (Lipinski definition) is 9. The quantitative estimate of drug-likeness (QED) is 0.367. The lowest BCUT2D eigenvalue weighted by atomic mass is 10.2. The topological polar surface area (TPSA) is 134 Å². The number of furan rings is 1. The van der Waals surface area contributed by atoms with Gasteiger partial charge in [-0.25, -0.2) is 13.4 Å². The van der Waals surface area contributed by atoms with Gasteiger partial charge in [0.2, 0.25) is 5.82 Å². The van der Waals surface area contributed by atoms with Gasteiger partial charge in [-0.2, -0.15) is 0 Å². The van der Waals surface area contributed by atoms with E-state index in [4.69, 9.17) is 13.9 Å². The highest BCUT2D eigenvalue weighted by atomic mass is 32.2. The van der Waals surface area contributed by atoms with Crippen LogP contribution in [0.4, 0.5) is 0 Å². The van der Waals surface area contributed by atoms with Crippen molar-refractivity contribution in [3.8, 4) is 28.8 Å². The third kappa shape index (κ3) is 4.54. The number of aromatic nitrogens is 5. The first-order valence-electron chi connectivity index (χ1n) is 10.8. The van der Waals surface area contributed by atoms with Crippen LogP contribution in [0.25, 0.3) is 17.3 Å². The second-order valence-electron chi connectivity index (χ2n) is 8.05. The molecule has 1 aromatic carbocycles. The SMILES string of the molecule is COc1cccc(OC)c1-n1c(CS(=O)(=O)[C@H](C)[C@@H](O)c2nccn2C)nnc1-c1ccc(C)o1. The van der Waals surface area contributed by atoms with Crippen molar-refractivity contribution in [3.05, 3.63) is 60.1 Å². The molecule has 2 atom stereocenters. The van der Waals surface area contributed by atoms with Crippen molar-refractivity contribution in [3.63, 3.8) is 0 Å². The van der Waals surface area contributed by atoms with Crippen LogP contribution in [0.2, 0.25) is 0 Å². The number of rotatable bonds is 9. The summed E-state index contributed by atoms with van der Waals surface area (Å²) in [7, 11) is 0.762. The monoisotopic (exact) mass is 501 g/mol. The Kier molecular flexibility index (Phi) is 6.68. The van der Waals surface area contributed by atoms with Crippen molar-refractivity contribution in [1.82, 2.24) is 24.3 Å². The van der Waals surface area contributed by atoms with Crippen LogP contribution >= 0.6 is 0 Å². The Morgan fingerprint density at radius 3 is 2.34 bits per heavy atom. The second-order valence-corrected chi connectivity index (χ2v) is 10.4. The molecule has 0 aliphatic heterocycles. The number of hydrogen-bond donors (Lipinski definition) is 1. The van der Waals surface area contributed by atoms with Gasteiger partial charge in [-0.05, 0) is 38.1 Å². The van der Waals surface area contributed by atoms with Crippen molar-refractivity contribution in [2.24, 2.45) is 7.05 Å². The number of sulfone groups is 1. The summed E-state index contributed by atoms with van der Waals surface area (Å²) in [6.07, 6.45) is 1.81. The van der Waals surface area contributed by atoms with E-state index in [9.17, 15) is 13.5 Å². The van der Waals surface area contributed by atoms with Crippen LogP contribution in [0.3, 0.4) is 0 Å². The van der Waals surface area contributed by atoms with E-state index in [1.807, 2.05) is 0 Å². The average Bonchev–Trinajstić information content (AvgIpc) is 3.57. The second kappa shape index (κ2) is 9.55. The number of ether oxygens (including phenoxy) is 2. The van der Waals surface area contributed by atoms with E-state index in [1.165, 1.54) is 27.3 Å².